The number of aliphatic hydroxyl groups is 1. The van der Waals surface area contributed by atoms with E-state index in [0.29, 0.717) is 6.42 Å². The molecule has 6 heteroatoms. The van der Waals surface area contributed by atoms with Crippen LogP contribution in [0, 0.1) is 0 Å². The monoisotopic (exact) mass is 279 g/mol. The van der Waals surface area contributed by atoms with Gasteiger partial charge in [0.25, 0.3) is 0 Å². The molecule has 0 fully saturated rings. The Bertz CT molecular complexity index is 294. The van der Waals surface area contributed by atoms with E-state index in [4.69, 9.17) is 5.11 Å². The first-order valence-corrected chi connectivity index (χ1v) is 6.08. The van der Waals surface area contributed by atoms with Gasteiger partial charge in [0.1, 0.15) is 0 Å². The van der Waals surface area contributed by atoms with Gasteiger partial charge >= 0.3 is 0 Å². The van der Waals surface area contributed by atoms with Crippen LogP contribution < -0.4 is 5.32 Å². The normalized spacial score (nSPS) is 15.1. The number of hydrogen-bond donors (Lipinski definition) is 2. The van der Waals surface area contributed by atoms with Gasteiger partial charge in [-0.2, -0.15) is 0 Å². The SMILES string of the molecule is CCC(C)(CCO)Nc1nnc(Br)s1. The Hall–Kier alpha value is -0.200. The smallest absolute Gasteiger partial charge is 0.206 e. The van der Waals surface area contributed by atoms with Crippen molar-refractivity contribution in [1.82, 2.24) is 10.2 Å². The van der Waals surface area contributed by atoms with E-state index in [1.807, 2.05) is 0 Å². The van der Waals surface area contributed by atoms with Crippen LogP contribution in [0.4, 0.5) is 5.13 Å². The van der Waals surface area contributed by atoms with Crippen LogP contribution in [0.3, 0.4) is 0 Å². The summed E-state index contributed by atoms with van der Waals surface area (Å²) in [7, 11) is 0. The first kappa shape index (κ1) is 11.9. The molecular weight excluding hydrogens is 266 g/mol. The van der Waals surface area contributed by atoms with Crippen molar-refractivity contribution < 1.29 is 5.11 Å². The summed E-state index contributed by atoms with van der Waals surface area (Å²) in [5.74, 6) is 0. The summed E-state index contributed by atoms with van der Waals surface area (Å²) in [6.45, 7) is 4.33. The maximum atomic E-state index is 8.93. The van der Waals surface area contributed by atoms with Gasteiger partial charge in [-0.3, -0.25) is 0 Å². The lowest BCUT2D eigenvalue weighted by Gasteiger charge is -2.28. The molecule has 0 amide bonds. The number of hydrogen-bond acceptors (Lipinski definition) is 5. The minimum atomic E-state index is -0.103. The number of nitrogens with one attached hydrogen (secondary N) is 1. The summed E-state index contributed by atoms with van der Waals surface area (Å²) in [4.78, 5) is 0. The van der Waals surface area contributed by atoms with Crippen LogP contribution in [0.5, 0.6) is 0 Å². The maximum Gasteiger partial charge on any atom is 0.206 e. The Kier molecular flexibility index (Phi) is 4.28. The molecule has 4 nitrogen and oxygen atoms in total. The van der Waals surface area contributed by atoms with Gasteiger partial charge in [-0.15, -0.1) is 10.2 Å². The summed E-state index contributed by atoms with van der Waals surface area (Å²) in [6, 6.07) is 0. The number of halogens is 1. The first-order chi connectivity index (χ1) is 6.59. The molecule has 80 valence electrons. The fourth-order valence-electron chi connectivity index (χ4n) is 1.09. The standard InChI is InChI=1S/C8H14BrN3OS/c1-3-8(2,4-5-13)10-7-12-11-6(9)14-7/h13H,3-5H2,1-2H3,(H,10,12). The van der Waals surface area contributed by atoms with Crippen LogP contribution in [0.15, 0.2) is 3.92 Å². The van der Waals surface area contributed by atoms with Crippen molar-refractivity contribution in [3.05, 3.63) is 3.92 Å². The molecule has 0 aliphatic carbocycles. The van der Waals surface area contributed by atoms with E-state index < -0.39 is 0 Å². The molecule has 0 bridgehead atoms. The van der Waals surface area contributed by atoms with Gasteiger partial charge in [0.2, 0.25) is 5.13 Å². The fraction of sp³-hybridized carbons (Fsp3) is 0.750. The highest BCUT2D eigenvalue weighted by atomic mass is 79.9. The van der Waals surface area contributed by atoms with Gasteiger partial charge in [-0.05, 0) is 35.7 Å². The van der Waals surface area contributed by atoms with Crippen LogP contribution in [-0.2, 0) is 0 Å². The highest BCUT2D eigenvalue weighted by molar-refractivity contribution is 9.11. The van der Waals surface area contributed by atoms with Gasteiger partial charge < -0.3 is 10.4 Å². The number of nitrogens with zero attached hydrogens (tertiary/aromatic N) is 2. The zero-order valence-corrected chi connectivity index (χ0v) is 10.7. The van der Waals surface area contributed by atoms with E-state index in [1.165, 1.54) is 11.3 Å². The van der Waals surface area contributed by atoms with Crippen molar-refractivity contribution in [2.45, 2.75) is 32.2 Å². The molecule has 0 aliphatic rings. The Morgan fingerprint density at radius 1 is 1.57 bits per heavy atom. The summed E-state index contributed by atoms with van der Waals surface area (Å²) >= 11 is 4.71. The first-order valence-electron chi connectivity index (χ1n) is 4.47. The Morgan fingerprint density at radius 3 is 2.71 bits per heavy atom. The van der Waals surface area contributed by atoms with Crippen molar-refractivity contribution in [3.8, 4) is 0 Å². The summed E-state index contributed by atoms with van der Waals surface area (Å²) < 4.78 is 0.766. The molecular formula is C8H14BrN3OS. The number of anilines is 1. The van der Waals surface area contributed by atoms with Crippen molar-refractivity contribution in [1.29, 1.82) is 0 Å². The zero-order valence-electron chi connectivity index (χ0n) is 8.25. The van der Waals surface area contributed by atoms with Gasteiger partial charge in [-0.1, -0.05) is 18.3 Å². The highest BCUT2D eigenvalue weighted by Gasteiger charge is 2.22. The van der Waals surface area contributed by atoms with E-state index >= 15 is 0 Å². The topological polar surface area (TPSA) is 58.0 Å². The van der Waals surface area contributed by atoms with Crippen molar-refractivity contribution in [3.63, 3.8) is 0 Å². The number of rotatable bonds is 5. The molecule has 0 aromatic carbocycles. The van der Waals surface area contributed by atoms with Crippen LogP contribution in [0.2, 0.25) is 0 Å². The second-order valence-corrected chi connectivity index (χ2v) is 5.63. The summed E-state index contributed by atoms with van der Waals surface area (Å²) in [6.07, 6.45) is 1.64. The maximum absolute atomic E-state index is 8.93. The van der Waals surface area contributed by atoms with E-state index in [-0.39, 0.29) is 12.1 Å². The third-order valence-corrected chi connectivity index (χ3v) is 3.52. The van der Waals surface area contributed by atoms with Crippen molar-refractivity contribution >= 4 is 32.4 Å². The van der Waals surface area contributed by atoms with Crippen LogP contribution in [0.25, 0.3) is 0 Å². The third-order valence-electron chi connectivity index (χ3n) is 2.25. The van der Waals surface area contributed by atoms with E-state index in [2.05, 4.69) is 45.3 Å². The molecule has 1 aromatic rings. The molecule has 0 saturated heterocycles. The number of aliphatic hydroxyl groups excluding tert-OH is 1. The summed E-state index contributed by atoms with van der Waals surface area (Å²) in [5.41, 5.74) is -0.103. The predicted octanol–water partition coefficient (Wildman–Crippen LogP) is 2.26. The average Bonchev–Trinajstić information content (AvgIpc) is 2.51. The molecule has 1 atom stereocenters. The Morgan fingerprint density at radius 2 is 2.29 bits per heavy atom. The second-order valence-electron chi connectivity index (χ2n) is 3.37. The van der Waals surface area contributed by atoms with E-state index in [0.717, 1.165) is 15.5 Å². The number of aromatic nitrogens is 2. The lowest BCUT2D eigenvalue weighted by molar-refractivity contribution is 0.252. The molecule has 1 aromatic heterocycles. The van der Waals surface area contributed by atoms with Gasteiger partial charge in [0, 0.05) is 12.1 Å². The Labute approximate surface area is 95.9 Å². The molecule has 0 aliphatic heterocycles. The molecule has 0 saturated carbocycles. The van der Waals surface area contributed by atoms with Gasteiger partial charge in [0.05, 0.1) is 0 Å². The minimum absolute atomic E-state index is 0.103. The molecule has 1 rings (SSSR count). The summed E-state index contributed by atoms with van der Waals surface area (Å²) in [5, 5.41) is 20.8. The quantitative estimate of drug-likeness (QED) is 0.868. The van der Waals surface area contributed by atoms with E-state index in [9.17, 15) is 0 Å². The second kappa shape index (κ2) is 5.04. The molecule has 0 spiro atoms. The van der Waals surface area contributed by atoms with Crippen LogP contribution in [0.1, 0.15) is 26.7 Å². The Balaban J connectivity index is 2.64. The van der Waals surface area contributed by atoms with E-state index in [1.54, 1.807) is 0 Å². The van der Waals surface area contributed by atoms with Crippen LogP contribution in [-0.4, -0.2) is 27.4 Å². The minimum Gasteiger partial charge on any atom is -0.396 e. The predicted molar refractivity (Wildman–Crippen MR) is 61.6 cm³/mol. The zero-order chi connectivity index (χ0) is 10.6. The highest BCUT2D eigenvalue weighted by Crippen LogP contribution is 2.26. The molecule has 2 N–H and O–H groups in total. The molecule has 1 unspecified atom stereocenters. The van der Waals surface area contributed by atoms with Gasteiger partial charge in [-0.25, -0.2) is 0 Å². The van der Waals surface area contributed by atoms with Crippen molar-refractivity contribution in [2.24, 2.45) is 0 Å². The van der Waals surface area contributed by atoms with Crippen LogP contribution >= 0.6 is 27.3 Å². The lowest BCUT2D eigenvalue weighted by Crippen LogP contribution is -2.34. The third kappa shape index (κ3) is 3.18. The largest absolute Gasteiger partial charge is 0.396 e. The average molecular weight is 280 g/mol. The van der Waals surface area contributed by atoms with Crippen molar-refractivity contribution in [2.75, 3.05) is 11.9 Å². The fourth-order valence-corrected chi connectivity index (χ4v) is 2.25. The molecule has 1 heterocycles. The lowest BCUT2D eigenvalue weighted by atomic mass is 9.95. The van der Waals surface area contributed by atoms with Gasteiger partial charge in [0.15, 0.2) is 3.92 Å². The molecule has 14 heavy (non-hydrogen) atoms. The molecule has 0 radical (unpaired) electrons.